The van der Waals surface area contributed by atoms with Gasteiger partial charge in [0.2, 0.25) is 0 Å². The summed E-state index contributed by atoms with van der Waals surface area (Å²) >= 11 is 0. The van der Waals surface area contributed by atoms with Crippen molar-refractivity contribution in [2.24, 2.45) is 0 Å². The number of hydrogen-bond acceptors (Lipinski definition) is 0. The van der Waals surface area contributed by atoms with Crippen molar-refractivity contribution in [3.05, 3.63) is 194 Å². The maximum absolute atomic E-state index is 2.48. The van der Waals surface area contributed by atoms with Gasteiger partial charge in [0, 0.05) is 32.6 Å². The Balaban J connectivity index is 1.13. The smallest absolute Gasteiger partial charge is 0.0547 e. The van der Waals surface area contributed by atoms with Gasteiger partial charge in [0.05, 0.1) is 27.8 Å². The summed E-state index contributed by atoms with van der Waals surface area (Å²) in [7, 11) is 0. The fourth-order valence-electron chi connectivity index (χ4n) is 8.49. The molecule has 242 valence electrons. The molecule has 2 nitrogen and oxygen atoms in total. The minimum atomic E-state index is 1.15. The highest BCUT2D eigenvalue weighted by atomic mass is 15.0. The molecule has 0 N–H and O–H groups in total. The molecule has 0 amide bonds. The van der Waals surface area contributed by atoms with Crippen molar-refractivity contribution in [3.63, 3.8) is 0 Å². The van der Waals surface area contributed by atoms with E-state index in [9.17, 15) is 0 Å². The summed E-state index contributed by atoms with van der Waals surface area (Å²) in [5.41, 5.74) is 12.0. The molecule has 0 aliphatic carbocycles. The predicted molar refractivity (Wildman–Crippen MR) is 221 cm³/mol. The summed E-state index contributed by atoms with van der Waals surface area (Å²) in [6, 6.07) is 71.0. The Hall–Kier alpha value is -6.90. The zero-order valence-corrected chi connectivity index (χ0v) is 28.4. The van der Waals surface area contributed by atoms with E-state index in [1.807, 2.05) is 0 Å². The predicted octanol–water partition coefficient (Wildman–Crippen LogP) is 13.5. The molecule has 0 spiro atoms. The highest BCUT2D eigenvalue weighted by Crippen LogP contribution is 2.40. The van der Waals surface area contributed by atoms with Gasteiger partial charge in [-0.05, 0) is 80.9 Å². The van der Waals surface area contributed by atoms with Crippen LogP contribution >= 0.6 is 0 Å². The lowest BCUT2D eigenvalue weighted by Gasteiger charge is -2.15. The molecule has 2 heterocycles. The molecular formula is C50H32N2. The van der Waals surface area contributed by atoms with Crippen molar-refractivity contribution in [1.29, 1.82) is 0 Å². The van der Waals surface area contributed by atoms with E-state index in [2.05, 4.69) is 203 Å². The van der Waals surface area contributed by atoms with E-state index >= 15 is 0 Å². The van der Waals surface area contributed by atoms with Gasteiger partial charge in [-0.1, -0.05) is 152 Å². The lowest BCUT2D eigenvalue weighted by molar-refractivity contribution is 1.18. The summed E-state index contributed by atoms with van der Waals surface area (Å²) in [5.74, 6) is 0. The molecule has 0 bridgehead atoms. The van der Waals surface area contributed by atoms with E-state index in [0.717, 1.165) is 5.69 Å². The molecule has 0 aliphatic heterocycles. The lowest BCUT2D eigenvalue weighted by atomic mass is 9.99. The molecule has 52 heavy (non-hydrogen) atoms. The van der Waals surface area contributed by atoms with Gasteiger partial charge in [-0.2, -0.15) is 0 Å². The molecule has 0 unspecified atom stereocenters. The average molecular weight is 661 g/mol. The number of nitrogens with zero attached hydrogens (tertiary/aromatic N) is 2. The van der Waals surface area contributed by atoms with E-state index in [4.69, 9.17) is 0 Å². The van der Waals surface area contributed by atoms with Crippen LogP contribution in [0.3, 0.4) is 0 Å². The third-order valence-corrected chi connectivity index (χ3v) is 10.9. The number of aromatic nitrogens is 2. The first-order chi connectivity index (χ1) is 25.8. The Morgan fingerprint density at radius 3 is 1.38 bits per heavy atom. The van der Waals surface area contributed by atoms with Crippen LogP contribution in [-0.2, 0) is 0 Å². The fraction of sp³-hybridized carbons (Fsp3) is 0. The van der Waals surface area contributed by atoms with Crippen LogP contribution in [0.1, 0.15) is 0 Å². The van der Waals surface area contributed by atoms with Gasteiger partial charge in [-0.3, -0.25) is 0 Å². The van der Waals surface area contributed by atoms with E-state index in [-0.39, 0.29) is 0 Å². The number of benzene rings is 9. The third-order valence-electron chi connectivity index (χ3n) is 10.9. The van der Waals surface area contributed by atoms with Crippen LogP contribution in [-0.4, -0.2) is 9.13 Å². The Morgan fingerprint density at radius 2 is 0.712 bits per heavy atom. The highest BCUT2D eigenvalue weighted by Gasteiger charge is 2.18. The van der Waals surface area contributed by atoms with Gasteiger partial charge in [0.15, 0.2) is 0 Å². The normalized spacial score (nSPS) is 11.8. The van der Waals surface area contributed by atoms with Crippen molar-refractivity contribution < 1.29 is 0 Å². The number of fused-ring (bicyclic) bond motifs is 9. The highest BCUT2D eigenvalue weighted by molar-refractivity contribution is 6.16. The van der Waals surface area contributed by atoms with Gasteiger partial charge in [-0.25, -0.2) is 0 Å². The van der Waals surface area contributed by atoms with E-state index < -0.39 is 0 Å². The first kappa shape index (κ1) is 28.9. The summed E-state index contributed by atoms with van der Waals surface area (Å²) in [4.78, 5) is 0. The maximum atomic E-state index is 2.48. The minimum absolute atomic E-state index is 1.15. The van der Waals surface area contributed by atoms with E-state index in [0.29, 0.717) is 0 Å². The van der Waals surface area contributed by atoms with Crippen molar-refractivity contribution >= 4 is 65.2 Å². The Bertz CT molecular complexity index is 3160. The zero-order chi connectivity index (χ0) is 34.2. The fourth-order valence-corrected chi connectivity index (χ4v) is 8.49. The number of para-hydroxylation sites is 2. The summed E-state index contributed by atoms with van der Waals surface area (Å²) < 4.78 is 4.90. The summed E-state index contributed by atoms with van der Waals surface area (Å²) in [6.07, 6.45) is 0. The molecule has 0 aliphatic rings. The summed E-state index contributed by atoms with van der Waals surface area (Å²) in [6.45, 7) is 0. The molecule has 2 heteroatoms. The molecule has 11 rings (SSSR count). The standard InChI is InChI=1S/C50H32N2/c1-2-12-33(13-3-1)34-22-26-38(27-23-34)51-46-20-10-8-18-42(46)44-28-24-35(30-48(44)51)36-25-29-45-43-19-9-11-21-47(43)52(49(45)31-36)50-32-37-14-4-5-15-39(37)40-16-6-7-17-41(40)50/h1-32H. The molecule has 0 saturated heterocycles. The Morgan fingerprint density at radius 1 is 0.250 bits per heavy atom. The van der Waals surface area contributed by atoms with Gasteiger partial charge < -0.3 is 9.13 Å². The van der Waals surface area contributed by atoms with Crippen molar-refractivity contribution in [3.8, 4) is 33.6 Å². The first-order valence-electron chi connectivity index (χ1n) is 17.9. The second-order valence-corrected chi connectivity index (χ2v) is 13.7. The second kappa shape index (κ2) is 11.3. The Kier molecular flexibility index (Phi) is 6.28. The molecule has 9 aromatic carbocycles. The van der Waals surface area contributed by atoms with E-state index in [1.54, 1.807) is 0 Å². The Labute approximate surface area is 301 Å². The van der Waals surface area contributed by atoms with Crippen LogP contribution in [0.2, 0.25) is 0 Å². The molecule has 0 fully saturated rings. The number of hydrogen-bond donors (Lipinski definition) is 0. The van der Waals surface area contributed by atoms with Crippen molar-refractivity contribution in [2.75, 3.05) is 0 Å². The van der Waals surface area contributed by atoms with Gasteiger partial charge in [0.25, 0.3) is 0 Å². The number of rotatable bonds is 4. The third kappa shape index (κ3) is 4.31. The topological polar surface area (TPSA) is 9.86 Å². The van der Waals surface area contributed by atoms with Gasteiger partial charge >= 0.3 is 0 Å². The minimum Gasteiger partial charge on any atom is -0.309 e. The van der Waals surface area contributed by atoms with Crippen LogP contribution < -0.4 is 0 Å². The van der Waals surface area contributed by atoms with Crippen LogP contribution in [0.25, 0.3) is 98.8 Å². The average Bonchev–Trinajstić information content (AvgIpc) is 3.73. The van der Waals surface area contributed by atoms with E-state index in [1.165, 1.54) is 93.1 Å². The van der Waals surface area contributed by atoms with Crippen molar-refractivity contribution in [2.45, 2.75) is 0 Å². The van der Waals surface area contributed by atoms with Crippen molar-refractivity contribution in [1.82, 2.24) is 9.13 Å². The largest absolute Gasteiger partial charge is 0.309 e. The maximum Gasteiger partial charge on any atom is 0.0547 e. The molecular weight excluding hydrogens is 629 g/mol. The molecule has 0 atom stereocenters. The molecule has 2 aromatic heterocycles. The lowest BCUT2D eigenvalue weighted by Crippen LogP contribution is -1.96. The van der Waals surface area contributed by atoms with Gasteiger partial charge in [0.1, 0.15) is 0 Å². The molecule has 0 saturated carbocycles. The monoisotopic (exact) mass is 660 g/mol. The zero-order valence-electron chi connectivity index (χ0n) is 28.4. The molecule has 11 aromatic rings. The quantitative estimate of drug-likeness (QED) is 0.166. The first-order valence-corrected chi connectivity index (χ1v) is 17.9. The van der Waals surface area contributed by atoms with Crippen LogP contribution in [0, 0.1) is 0 Å². The van der Waals surface area contributed by atoms with Crippen LogP contribution in [0.4, 0.5) is 0 Å². The SMILES string of the molecule is c1ccc(-c2ccc(-n3c4ccccc4c4ccc(-c5ccc6c7ccccc7n(-c7cc8ccccc8c8ccccc78)c6c5)cc43)cc2)cc1. The summed E-state index contributed by atoms with van der Waals surface area (Å²) in [5, 5.41) is 10.1. The van der Waals surface area contributed by atoms with Gasteiger partial charge in [-0.15, -0.1) is 0 Å². The van der Waals surface area contributed by atoms with Crippen LogP contribution in [0.5, 0.6) is 0 Å². The molecule has 0 radical (unpaired) electrons. The van der Waals surface area contributed by atoms with Crippen LogP contribution in [0.15, 0.2) is 194 Å². The second-order valence-electron chi connectivity index (χ2n) is 13.7.